The van der Waals surface area contributed by atoms with Crippen LogP contribution in [0.1, 0.15) is 13.3 Å². The number of hydrogen-bond acceptors (Lipinski definition) is 2. The minimum absolute atomic E-state index is 0.117. The van der Waals surface area contributed by atoms with Crippen LogP contribution in [0.4, 0.5) is 4.39 Å². The van der Waals surface area contributed by atoms with E-state index in [1.165, 1.54) is 0 Å². The van der Waals surface area contributed by atoms with Crippen LogP contribution in [0.3, 0.4) is 0 Å². The first-order valence-corrected chi connectivity index (χ1v) is 2.52. The van der Waals surface area contributed by atoms with Gasteiger partial charge in [0, 0.05) is 0 Å². The van der Waals surface area contributed by atoms with Crippen molar-refractivity contribution in [3.63, 3.8) is 0 Å². The zero-order chi connectivity index (χ0) is 6.41. The van der Waals surface area contributed by atoms with Gasteiger partial charge in [0.25, 0.3) is 0 Å². The second-order valence-electron chi connectivity index (χ2n) is 1.24. The summed E-state index contributed by atoms with van der Waals surface area (Å²) in [6, 6.07) is 0. The van der Waals surface area contributed by atoms with Crippen LogP contribution >= 0.6 is 0 Å². The van der Waals surface area contributed by atoms with Gasteiger partial charge >= 0.3 is 5.97 Å². The fourth-order valence-corrected chi connectivity index (χ4v) is 0.310. The summed E-state index contributed by atoms with van der Waals surface area (Å²) in [7, 11) is 0. The molecular weight excluding hydrogens is 111 g/mol. The zero-order valence-electron chi connectivity index (χ0n) is 4.82. The van der Waals surface area contributed by atoms with Gasteiger partial charge in [0.15, 0.2) is 0 Å². The lowest BCUT2D eigenvalue weighted by molar-refractivity contribution is -0.143. The third kappa shape index (κ3) is 3.59. The molecule has 0 aromatic rings. The van der Waals surface area contributed by atoms with Crippen molar-refractivity contribution >= 4 is 5.97 Å². The van der Waals surface area contributed by atoms with Crippen molar-refractivity contribution in [3.05, 3.63) is 0 Å². The average molecular weight is 120 g/mol. The Balaban J connectivity index is 3.06. The largest absolute Gasteiger partial charge is 0.466 e. The van der Waals surface area contributed by atoms with Crippen LogP contribution in [0.2, 0.25) is 0 Å². The summed E-state index contributed by atoms with van der Waals surface area (Å²) in [5.41, 5.74) is 0. The molecule has 48 valence electrons. The number of hydrogen-bond donors (Lipinski definition) is 0. The molecular formula is C5H9FO2. The Morgan fingerprint density at radius 3 is 2.75 bits per heavy atom. The minimum Gasteiger partial charge on any atom is -0.466 e. The number of carbonyl (C=O) groups excluding carboxylic acids is 1. The van der Waals surface area contributed by atoms with Crippen LogP contribution < -0.4 is 0 Å². The average Bonchev–Trinajstić information content (AvgIpc) is 1.68. The number of halogens is 1. The Hall–Kier alpha value is -0.600. The maximum atomic E-state index is 11.3. The molecule has 0 N–H and O–H groups in total. The molecule has 8 heavy (non-hydrogen) atoms. The Labute approximate surface area is 47.6 Å². The number of ether oxygens (including phenoxy) is 1. The van der Waals surface area contributed by atoms with Gasteiger partial charge in [-0.3, -0.25) is 9.18 Å². The molecule has 0 saturated carbocycles. The first-order chi connectivity index (χ1) is 3.81. The van der Waals surface area contributed by atoms with E-state index in [0.717, 1.165) is 0 Å². The summed E-state index contributed by atoms with van der Waals surface area (Å²) in [6.07, 6.45) is -0.117. The monoisotopic (exact) mass is 120 g/mol. The fourth-order valence-electron chi connectivity index (χ4n) is 0.310. The SMILES string of the molecule is CCOC(=O)CCF. The summed E-state index contributed by atoms with van der Waals surface area (Å²) in [5.74, 6) is -0.463. The van der Waals surface area contributed by atoms with Gasteiger partial charge in [-0.25, -0.2) is 0 Å². The molecule has 0 aliphatic heterocycles. The van der Waals surface area contributed by atoms with Gasteiger partial charge in [-0.2, -0.15) is 0 Å². The van der Waals surface area contributed by atoms with E-state index in [1.54, 1.807) is 6.92 Å². The van der Waals surface area contributed by atoms with Crippen LogP contribution in [0.15, 0.2) is 0 Å². The standard InChI is InChI=1S/C5H9FO2/c1-2-8-5(7)3-4-6/h2-4H2,1H3. The van der Waals surface area contributed by atoms with Crippen molar-refractivity contribution in [1.82, 2.24) is 0 Å². The minimum atomic E-state index is -0.626. The molecule has 0 fully saturated rings. The van der Waals surface area contributed by atoms with Crippen LogP contribution in [-0.4, -0.2) is 19.3 Å². The van der Waals surface area contributed by atoms with E-state index in [1.807, 2.05) is 0 Å². The molecule has 0 heterocycles. The summed E-state index contributed by atoms with van der Waals surface area (Å²) >= 11 is 0. The van der Waals surface area contributed by atoms with Gasteiger partial charge in [0.1, 0.15) is 0 Å². The lowest BCUT2D eigenvalue weighted by Gasteiger charge is -1.95. The second kappa shape index (κ2) is 4.56. The van der Waals surface area contributed by atoms with Crippen molar-refractivity contribution in [2.24, 2.45) is 0 Å². The highest BCUT2D eigenvalue weighted by Gasteiger charge is 1.97. The van der Waals surface area contributed by atoms with E-state index in [0.29, 0.717) is 6.61 Å². The number of esters is 1. The molecule has 0 aromatic carbocycles. The van der Waals surface area contributed by atoms with Gasteiger partial charge < -0.3 is 4.74 Å². The molecule has 0 rings (SSSR count). The van der Waals surface area contributed by atoms with Crippen LogP contribution in [-0.2, 0) is 9.53 Å². The summed E-state index contributed by atoms with van der Waals surface area (Å²) in [4.78, 5) is 10.2. The van der Waals surface area contributed by atoms with Crippen molar-refractivity contribution in [3.8, 4) is 0 Å². The van der Waals surface area contributed by atoms with E-state index in [-0.39, 0.29) is 6.42 Å². The quantitative estimate of drug-likeness (QED) is 0.517. The van der Waals surface area contributed by atoms with Gasteiger partial charge in [-0.1, -0.05) is 0 Å². The molecule has 0 atom stereocenters. The highest BCUT2D eigenvalue weighted by Crippen LogP contribution is 1.85. The molecule has 3 heteroatoms. The third-order valence-electron chi connectivity index (χ3n) is 0.604. The van der Waals surface area contributed by atoms with E-state index in [9.17, 15) is 9.18 Å². The normalized spacial score (nSPS) is 8.75. The predicted octanol–water partition coefficient (Wildman–Crippen LogP) is 0.909. The Kier molecular flexibility index (Phi) is 4.21. The lowest BCUT2D eigenvalue weighted by Crippen LogP contribution is -2.03. The van der Waals surface area contributed by atoms with Gasteiger partial charge in [0.2, 0.25) is 0 Å². The molecule has 0 radical (unpaired) electrons. The molecule has 0 bridgehead atoms. The van der Waals surface area contributed by atoms with E-state index >= 15 is 0 Å². The summed E-state index contributed by atoms with van der Waals surface area (Å²) in [6.45, 7) is 1.40. The second-order valence-corrected chi connectivity index (χ2v) is 1.24. The van der Waals surface area contributed by atoms with Crippen molar-refractivity contribution in [1.29, 1.82) is 0 Å². The van der Waals surface area contributed by atoms with E-state index in [4.69, 9.17) is 0 Å². The highest BCUT2D eigenvalue weighted by atomic mass is 19.1. The van der Waals surface area contributed by atoms with Crippen molar-refractivity contribution in [2.75, 3.05) is 13.3 Å². The van der Waals surface area contributed by atoms with Crippen LogP contribution in [0.25, 0.3) is 0 Å². The van der Waals surface area contributed by atoms with Crippen molar-refractivity contribution in [2.45, 2.75) is 13.3 Å². The lowest BCUT2D eigenvalue weighted by atomic mass is 10.5. The molecule has 0 spiro atoms. The Morgan fingerprint density at radius 2 is 2.38 bits per heavy atom. The molecule has 0 aromatic heterocycles. The number of alkyl halides is 1. The van der Waals surface area contributed by atoms with Crippen LogP contribution in [0, 0.1) is 0 Å². The zero-order valence-corrected chi connectivity index (χ0v) is 4.82. The maximum absolute atomic E-state index is 11.3. The molecule has 0 aliphatic carbocycles. The first kappa shape index (κ1) is 7.40. The first-order valence-electron chi connectivity index (χ1n) is 2.52. The maximum Gasteiger partial charge on any atom is 0.308 e. The van der Waals surface area contributed by atoms with Gasteiger partial charge in [-0.05, 0) is 6.92 Å². The van der Waals surface area contributed by atoms with Crippen molar-refractivity contribution < 1.29 is 13.9 Å². The molecule has 0 unspecified atom stereocenters. The molecule has 0 aliphatic rings. The highest BCUT2D eigenvalue weighted by molar-refractivity contribution is 5.69. The topological polar surface area (TPSA) is 26.3 Å². The Morgan fingerprint density at radius 1 is 1.75 bits per heavy atom. The molecule has 2 nitrogen and oxygen atoms in total. The number of carbonyl (C=O) groups is 1. The van der Waals surface area contributed by atoms with E-state index < -0.39 is 12.6 Å². The summed E-state index contributed by atoms with van der Waals surface area (Å²) in [5, 5.41) is 0. The smallest absolute Gasteiger partial charge is 0.308 e. The molecule has 0 amide bonds. The van der Waals surface area contributed by atoms with E-state index in [2.05, 4.69) is 4.74 Å². The Bertz CT molecular complexity index is 64.8. The van der Waals surface area contributed by atoms with Crippen LogP contribution in [0.5, 0.6) is 0 Å². The third-order valence-corrected chi connectivity index (χ3v) is 0.604. The number of rotatable bonds is 3. The molecule has 0 saturated heterocycles. The predicted molar refractivity (Wildman–Crippen MR) is 27.2 cm³/mol. The van der Waals surface area contributed by atoms with Gasteiger partial charge in [-0.15, -0.1) is 0 Å². The van der Waals surface area contributed by atoms with Gasteiger partial charge in [0.05, 0.1) is 19.7 Å². The summed E-state index contributed by atoms with van der Waals surface area (Å²) < 4.78 is 15.7. The fraction of sp³-hybridized carbons (Fsp3) is 0.800.